The van der Waals surface area contributed by atoms with E-state index in [0.717, 1.165) is 25.2 Å². The van der Waals surface area contributed by atoms with Gasteiger partial charge in [-0.05, 0) is 60.7 Å². The van der Waals surface area contributed by atoms with Gasteiger partial charge in [0.25, 0.3) is 5.91 Å². The first kappa shape index (κ1) is 19.1. The van der Waals surface area contributed by atoms with E-state index in [-0.39, 0.29) is 17.8 Å². The average molecular weight is 407 g/mol. The van der Waals surface area contributed by atoms with Crippen LogP contribution in [0.5, 0.6) is 5.75 Å². The van der Waals surface area contributed by atoms with Gasteiger partial charge in [-0.2, -0.15) is 0 Å². The van der Waals surface area contributed by atoms with Gasteiger partial charge in [-0.1, -0.05) is 12.1 Å². The molecule has 29 heavy (non-hydrogen) atoms. The maximum atomic E-state index is 12.6. The van der Waals surface area contributed by atoms with E-state index < -0.39 is 0 Å². The third kappa shape index (κ3) is 4.81. The summed E-state index contributed by atoms with van der Waals surface area (Å²) in [7, 11) is 0. The van der Waals surface area contributed by atoms with Crippen molar-refractivity contribution in [3.63, 3.8) is 0 Å². The molecular weight excluding hydrogens is 386 g/mol. The van der Waals surface area contributed by atoms with Crippen LogP contribution in [0.4, 0.5) is 11.5 Å². The number of carbonyl (C=O) groups excluding carboxylic acids is 2. The van der Waals surface area contributed by atoms with Crippen LogP contribution in [0.25, 0.3) is 0 Å². The number of benzene rings is 1. The second-order valence-corrected chi connectivity index (χ2v) is 7.80. The van der Waals surface area contributed by atoms with Crippen LogP contribution in [-0.2, 0) is 4.79 Å². The Morgan fingerprint density at radius 2 is 1.97 bits per heavy atom. The van der Waals surface area contributed by atoms with E-state index in [1.165, 1.54) is 11.3 Å². The molecule has 1 aliphatic rings. The molecule has 1 unspecified atom stereocenters. The molecule has 0 aliphatic carbocycles. The largest absolute Gasteiger partial charge is 0.426 e. The van der Waals surface area contributed by atoms with Crippen molar-refractivity contribution in [1.82, 2.24) is 4.98 Å². The second-order valence-electron chi connectivity index (χ2n) is 6.85. The molecule has 4 rings (SSSR count). The number of pyridine rings is 1. The minimum atomic E-state index is -0.235. The average Bonchev–Trinajstić information content (AvgIpc) is 3.31. The minimum absolute atomic E-state index is 0.151. The van der Waals surface area contributed by atoms with Crippen molar-refractivity contribution in [1.29, 1.82) is 0 Å². The molecule has 0 bridgehead atoms. The predicted molar refractivity (Wildman–Crippen MR) is 114 cm³/mol. The number of amides is 1. The van der Waals surface area contributed by atoms with Gasteiger partial charge in [0.1, 0.15) is 11.6 Å². The topological polar surface area (TPSA) is 71.5 Å². The highest BCUT2D eigenvalue weighted by atomic mass is 32.1. The molecular formula is C22H21N3O3S. The summed E-state index contributed by atoms with van der Waals surface area (Å²) in [5, 5.41) is 4.69. The summed E-state index contributed by atoms with van der Waals surface area (Å²) < 4.78 is 5.57. The SMILES string of the molecule is O=C(Nc1ccc(OC(=O)C2CCCN(c3ccccn3)C2)cc1)c1cccs1. The minimum Gasteiger partial charge on any atom is -0.426 e. The molecule has 1 atom stereocenters. The van der Waals surface area contributed by atoms with Crippen molar-refractivity contribution in [3.05, 3.63) is 71.1 Å². The number of esters is 1. The maximum absolute atomic E-state index is 12.6. The van der Waals surface area contributed by atoms with Crippen LogP contribution in [0.3, 0.4) is 0 Å². The van der Waals surface area contributed by atoms with Crippen LogP contribution in [0.15, 0.2) is 66.2 Å². The number of anilines is 2. The van der Waals surface area contributed by atoms with E-state index in [0.29, 0.717) is 22.9 Å². The van der Waals surface area contributed by atoms with Crippen molar-refractivity contribution in [2.24, 2.45) is 5.92 Å². The third-order valence-corrected chi connectivity index (χ3v) is 5.67. The molecule has 1 N–H and O–H groups in total. The number of hydrogen-bond donors (Lipinski definition) is 1. The molecule has 1 fully saturated rings. The van der Waals surface area contributed by atoms with Gasteiger partial charge in [-0.3, -0.25) is 9.59 Å². The molecule has 1 saturated heterocycles. The summed E-state index contributed by atoms with van der Waals surface area (Å²) in [4.78, 5) is 31.9. The summed E-state index contributed by atoms with van der Waals surface area (Å²) in [5.74, 6) is 0.779. The first-order valence-corrected chi connectivity index (χ1v) is 10.4. The van der Waals surface area contributed by atoms with E-state index in [2.05, 4.69) is 15.2 Å². The van der Waals surface area contributed by atoms with Crippen LogP contribution >= 0.6 is 11.3 Å². The Morgan fingerprint density at radius 3 is 2.69 bits per heavy atom. The first-order chi connectivity index (χ1) is 14.2. The first-order valence-electron chi connectivity index (χ1n) is 9.51. The molecule has 3 heterocycles. The van der Waals surface area contributed by atoms with E-state index >= 15 is 0 Å². The zero-order valence-electron chi connectivity index (χ0n) is 15.8. The van der Waals surface area contributed by atoms with Gasteiger partial charge in [0.2, 0.25) is 0 Å². The zero-order valence-corrected chi connectivity index (χ0v) is 16.6. The fourth-order valence-electron chi connectivity index (χ4n) is 3.32. The lowest BCUT2D eigenvalue weighted by molar-refractivity contribution is -0.139. The molecule has 0 radical (unpaired) electrons. The molecule has 6 nitrogen and oxygen atoms in total. The molecule has 1 amide bonds. The van der Waals surface area contributed by atoms with Crippen molar-refractivity contribution in [3.8, 4) is 5.75 Å². The van der Waals surface area contributed by atoms with Gasteiger partial charge in [-0.15, -0.1) is 11.3 Å². The molecule has 7 heteroatoms. The molecule has 2 aromatic heterocycles. The zero-order chi connectivity index (χ0) is 20.1. The molecule has 0 spiro atoms. The maximum Gasteiger partial charge on any atom is 0.316 e. The number of nitrogens with zero attached hydrogens (tertiary/aromatic N) is 2. The molecule has 148 valence electrons. The molecule has 1 aromatic carbocycles. The monoisotopic (exact) mass is 407 g/mol. The number of aromatic nitrogens is 1. The third-order valence-electron chi connectivity index (χ3n) is 4.80. The predicted octanol–water partition coefficient (Wildman–Crippen LogP) is 4.22. The van der Waals surface area contributed by atoms with Crippen molar-refractivity contribution < 1.29 is 14.3 Å². The number of hydrogen-bond acceptors (Lipinski definition) is 6. The van der Waals surface area contributed by atoms with Gasteiger partial charge < -0.3 is 15.0 Å². The normalized spacial score (nSPS) is 16.3. The summed E-state index contributed by atoms with van der Waals surface area (Å²) in [6.45, 7) is 1.49. The lowest BCUT2D eigenvalue weighted by Crippen LogP contribution is -2.40. The number of piperidine rings is 1. The number of rotatable bonds is 5. The van der Waals surface area contributed by atoms with Gasteiger partial charge in [-0.25, -0.2) is 4.98 Å². The molecule has 0 saturated carbocycles. The fourth-order valence-corrected chi connectivity index (χ4v) is 3.94. The van der Waals surface area contributed by atoms with E-state index in [9.17, 15) is 9.59 Å². The van der Waals surface area contributed by atoms with Gasteiger partial charge in [0, 0.05) is 25.0 Å². The molecule has 3 aromatic rings. The highest BCUT2D eigenvalue weighted by Crippen LogP contribution is 2.24. The Hall–Kier alpha value is -3.19. The van der Waals surface area contributed by atoms with E-state index in [1.54, 1.807) is 36.5 Å². The summed E-state index contributed by atoms with van der Waals surface area (Å²) in [6, 6.07) is 16.2. The Labute approximate surface area is 173 Å². The lowest BCUT2D eigenvalue weighted by Gasteiger charge is -2.32. The Bertz CT molecular complexity index is 959. The Morgan fingerprint density at radius 1 is 1.10 bits per heavy atom. The standard InChI is InChI=1S/C22H21N3O3S/c26-21(19-6-4-14-29-19)24-17-8-10-18(11-9-17)28-22(27)16-5-3-13-25(15-16)20-7-1-2-12-23-20/h1-2,4,6-12,14,16H,3,5,13,15H2,(H,24,26). The van der Waals surface area contributed by atoms with Crippen molar-refractivity contribution in [2.45, 2.75) is 12.8 Å². The van der Waals surface area contributed by atoms with E-state index in [1.807, 2.05) is 29.6 Å². The van der Waals surface area contributed by atoms with Crippen LogP contribution in [-0.4, -0.2) is 29.9 Å². The van der Waals surface area contributed by atoms with Gasteiger partial charge >= 0.3 is 5.97 Å². The summed E-state index contributed by atoms with van der Waals surface area (Å²) >= 11 is 1.39. The van der Waals surface area contributed by atoms with Crippen molar-refractivity contribution in [2.75, 3.05) is 23.3 Å². The second kappa shape index (κ2) is 8.87. The quantitative estimate of drug-likeness (QED) is 0.507. The van der Waals surface area contributed by atoms with Crippen molar-refractivity contribution >= 4 is 34.7 Å². The molecule has 1 aliphatic heterocycles. The van der Waals surface area contributed by atoms with Gasteiger partial charge in [0.05, 0.1) is 10.8 Å². The van der Waals surface area contributed by atoms with Crippen LogP contribution in [0.1, 0.15) is 22.5 Å². The number of thiophene rings is 1. The fraction of sp³-hybridized carbons (Fsp3) is 0.227. The van der Waals surface area contributed by atoms with Gasteiger partial charge in [0.15, 0.2) is 0 Å². The highest BCUT2D eigenvalue weighted by Gasteiger charge is 2.28. The van der Waals surface area contributed by atoms with E-state index in [4.69, 9.17) is 4.74 Å². The van der Waals surface area contributed by atoms with Crippen LogP contribution in [0.2, 0.25) is 0 Å². The summed E-state index contributed by atoms with van der Waals surface area (Å²) in [6.07, 6.45) is 3.48. The number of nitrogens with one attached hydrogen (secondary N) is 1. The number of ether oxygens (including phenoxy) is 1. The van der Waals surface area contributed by atoms with Crippen LogP contribution < -0.4 is 15.0 Å². The highest BCUT2D eigenvalue weighted by molar-refractivity contribution is 7.12. The smallest absolute Gasteiger partial charge is 0.316 e. The number of carbonyl (C=O) groups is 2. The van der Waals surface area contributed by atoms with Crippen LogP contribution in [0, 0.1) is 5.92 Å². The Kier molecular flexibility index (Phi) is 5.86. The summed E-state index contributed by atoms with van der Waals surface area (Å²) in [5.41, 5.74) is 0.655. The Balaban J connectivity index is 1.34. The lowest BCUT2D eigenvalue weighted by atomic mass is 9.98.